The molecule has 0 atom stereocenters. The van der Waals surface area contributed by atoms with Gasteiger partial charge in [-0.05, 0) is 42.7 Å². The topological polar surface area (TPSA) is 66.4 Å². The van der Waals surface area contributed by atoms with E-state index in [1.54, 1.807) is 17.8 Å². The fourth-order valence-corrected chi connectivity index (χ4v) is 4.64. The van der Waals surface area contributed by atoms with Gasteiger partial charge in [-0.1, -0.05) is 23.2 Å². The highest BCUT2D eigenvalue weighted by Crippen LogP contribution is 2.32. The van der Waals surface area contributed by atoms with E-state index in [1.165, 1.54) is 17.8 Å². The largest absolute Gasteiger partial charge is 0.480 e. The number of carboxylic acid groups (broad SMARTS) is 1. The van der Waals surface area contributed by atoms with Gasteiger partial charge in [0, 0.05) is 4.90 Å². The molecule has 1 fully saturated rings. The summed E-state index contributed by atoms with van der Waals surface area (Å²) in [5, 5.41) is 12.9. The van der Waals surface area contributed by atoms with Crippen molar-refractivity contribution in [1.82, 2.24) is 5.32 Å². The number of carbonyl (C=O) groups excluding carboxylic acids is 1. The Bertz CT molecular complexity index is 604. The maximum Gasteiger partial charge on any atom is 0.329 e. The number of thioether (sulfide) groups is 2. The summed E-state index contributed by atoms with van der Waals surface area (Å²) in [7, 11) is 0. The van der Waals surface area contributed by atoms with Gasteiger partial charge in [0.25, 0.3) is 5.91 Å². The van der Waals surface area contributed by atoms with Gasteiger partial charge >= 0.3 is 5.97 Å². The number of amides is 1. The summed E-state index contributed by atoms with van der Waals surface area (Å²) in [4.78, 5) is 24.8. The molecule has 4 nitrogen and oxygen atoms in total. The summed E-state index contributed by atoms with van der Waals surface area (Å²) >= 11 is 15.2. The average molecular weight is 380 g/mol. The van der Waals surface area contributed by atoms with Crippen LogP contribution in [0.1, 0.15) is 23.2 Å². The number of carboxylic acids is 1. The quantitative estimate of drug-likeness (QED) is 0.778. The van der Waals surface area contributed by atoms with Crippen LogP contribution in [-0.4, -0.2) is 40.3 Å². The standard InChI is InChI=1S/C14H15Cl2NO3S2/c1-21-11-6-8(9(15)7-10(11)16)12(18)17-14(13(19)20)2-4-22-5-3-14/h6-7H,2-5H2,1H3,(H,17,18)(H,19,20). The van der Waals surface area contributed by atoms with Crippen LogP contribution in [0.25, 0.3) is 0 Å². The van der Waals surface area contributed by atoms with Gasteiger partial charge in [0.05, 0.1) is 15.6 Å². The molecule has 22 heavy (non-hydrogen) atoms. The van der Waals surface area contributed by atoms with Gasteiger partial charge in [0.2, 0.25) is 0 Å². The van der Waals surface area contributed by atoms with Crippen LogP contribution in [0.4, 0.5) is 0 Å². The Hall–Kier alpha value is -0.560. The Morgan fingerprint density at radius 3 is 2.45 bits per heavy atom. The predicted octanol–water partition coefficient (Wildman–Crippen LogP) is 3.80. The van der Waals surface area contributed by atoms with E-state index < -0.39 is 17.4 Å². The molecule has 0 aromatic heterocycles. The lowest BCUT2D eigenvalue weighted by Crippen LogP contribution is -2.56. The third-order valence-corrected chi connectivity index (χ3v) is 6.10. The van der Waals surface area contributed by atoms with E-state index in [2.05, 4.69) is 5.32 Å². The smallest absolute Gasteiger partial charge is 0.329 e. The van der Waals surface area contributed by atoms with E-state index in [4.69, 9.17) is 23.2 Å². The minimum absolute atomic E-state index is 0.214. The summed E-state index contributed by atoms with van der Waals surface area (Å²) in [6, 6.07) is 3.10. The number of nitrogens with one attached hydrogen (secondary N) is 1. The van der Waals surface area contributed by atoms with E-state index >= 15 is 0 Å². The van der Waals surface area contributed by atoms with Gasteiger partial charge in [-0.15, -0.1) is 11.8 Å². The van der Waals surface area contributed by atoms with Gasteiger partial charge in [0.1, 0.15) is 5.54 Å². The fraction of sp³-hybridized carbons (Fsp3) is 0.429. The fourth-order valence-electron chi connectivity index (χ4n) is 2.26. The molecule has 1 amide bonds. The van der Waals surface area contributed by atoms with E-state index in [0.717, 1.165) is 4.90 Å². The van der Waals surface area contributed by atoms with E-state index in [9.17, 15) is 14.7 Å². The molecule has 120 valence electrons. The Labute approximate surface area is 147 Å². The van der Waals surface area contributed by atoms with E-state index in [1.807, 2.05) is 6.26 Å². The lowest BCUT2D eigenvalue weighted by atomic mass is 9.92. The van der Waals surface area contributed by atoms with E-state index in [-0.39, 0.29) is 10.6 Å². The van der Waals surface area contributed by atoms with Crippen molar-refractivity contribution >= 4 is 58.6 Å². The van der Waals surface area contributed by atoms with Crippen molar-refractivity contribution in [2.75, 3.05) is 17.8 Å². The highest BCUT2D eigenvalue weighted by Gasteiger charge is 2.41. The first kappa shape index (κ1) is 17.8. The SMILES string of the molecule is CSc1cc(C(=O)NC2(C(=O)O)CCSCC2)c(Cl)cc1Cl. The van der Waals surface area contributed by atoms with Crippen LogP contribution in [-0.2, 0) is 4.79 Å². The monoisotopic (exact) mass is 379 g/mol. The minimum atomic E-state index is -1.22. The first-order chi connectivity index (χ1) is 10.4. The molecular weight excluding hydrogens is 365 g/mol. The molecule has 1 aliphatic rings. The molecule has 8 heteroatoms. The number of halogens is 2. The summed E-state index contributed by atoms with van der Waals surface area (Å²) in [6.45, 7) is 0. The van der Waals surface area contributed by atoms with Crippen molar-refractivity contribution in [1.29, 1.82) is 0 Å². The highest BCUT2D eigenvalue weighted by atomic mass is 35.5. The van der Waals surface area contributed by atoms with Gasteiger partial charge in [0.15, 0.2) is 0 Å². The number of carbonyl (C=O) groups is 2. The van der Waals surface area contributed by atoms with Crippen LogP contribution >= 0.6 is 46.7 Å². The number of aliphatic carboxylic acids is 1. The maximum atomic E-state index is 12.5. The molecule has 0 bridgehead atoms. The maximum absolute atomic E-state index is 12.5. The van der Waals surface area contributed by atoms with Crippen molar-refractivity contribution in [2.24, 2.45) is 0 Å². The highest BCUT2D eigenvalue weighted by molar-refractivity contribution is 7.99. The Balaban J connectivity index is 2.29. The van der Waals surface area contributed by atoms with Crippen molar-refractivity contribution in [3.63, 3.8) is 0 Å². The van der Waals surface area contributed by atoms with Gasteiger partial charge in [-0.2, -0.15) is 11.8 Å². The molecule has 0 radical (unpaired) electrons. The van der Waals surface area contributed by atoms with E-state index in [0.29, 0.717) is 29.4 Å². The lowest BCUT2D eigenvalue weighted by molar-refractivity contribution is -0.144. The summed E-state index contributed by atoms with van der Waals surface area (Å²) < 4.78 is 0. The molecule has 0 unspecified atom stereocenters. The predicted molar refractivity (Wildman–Crippen MR) is 92.6 cm³/mol. The molecule has 0 aliphatic carbocycles. The molecule has 1 aliphatic heterocycles. The molecule has 1 heterocycles. The van der Waals surface area contributed by atoms with Crippen LogP contribution in [0, 0.1) is 0 Å². The molecule has 2 N–H and O–H groups in total. The molecule has 0 spiro atoms. The Morgan fingerprint density at radius 2 is 1.91 bits per heavy atom. The minimum Gasteiger partial charge on any atom is -0.480 e. The van der Waals surface area contributed by atoms with Crippen molar-refractivity contribution in [3.8, 4) is 0 Å². The second-order valence-electron chi connectivity index (χ2n) is 4.92. The molecule has 1 aromatic rings. The number of benzene rings is 1. The second-order valence-corrected chi connectivity index (χ2v) is 7.81. The van der Waals surface area contributed by atoms with Gasteiger partial charge in [-0.3, -0.25) is 4.79 Å². The Kier molecular flexibility index (Phi) is 5.94. The molecule has 1 aromatic carbocycles. The van der Waals surface area contributed by atoms with Crippen LogP contribution in [0.15, 0.2) is 17.0 Å². The first-order valence-corrected chi connectivity index (χ1v) is 9.70. The third kappa shape index (κ3) is 3.67. The zero-order chi connectivity index (χ0) is 16.3. The Morgan fingerprint density at radius 1 is 1.27 bits per heavy atom. The van der Waals surface area contributed by atoms with Gasteiger partial charge < -0.3 is 10.4 Å². The zero-order valence-electron chi connectivity index (χ0n) is 11.8. The van der Waals surface area contributed by atoms with Gasteiger partial charge in [-0.25, -0.2) is 4.79 Å². The van der Waals surface area contributed by atoms with Crippen LogP contribution < -0.4 is 5.32 Å². The second kappa shape index (κ2) is 7.34. The third-order valence-electron chi connectivity index (χ3n) is 3.59. The van der Waals surface area contributed by atoms with Crippen molar-refractivity contribution in [2.45, 2.75) is 23.3 Å². The summed E-state index contributed by atoms with van der Waals surface area (Å²) in [5.74, 6) is -0.0730. The molecular formula is C14H15Cl2NO3S2. The number of hydrogen-bond donors (Lipinski definition) is 2. The molecule has 2 rings (SSSR count). The lowest BCUT2D eigenvalue weighted by Gasteiger charge is -2.33. The average Bonchev–Trinajstić information content (AvgIpc) is 2.48. The van der Waals surface area contributed by atoms with Crippen molar-refractivity contribution in [3.05, 3.63) is 27.7 Å². The zero-order valence-corrected chi connectivity index (χ0v) is 15.0. The normalized spacial score (nSPS) is 17.0. The molecule has 1 saturated heterocycles. The summed E-state index contributed by atoms with van der Waals surface area (Å²) in [5.41, 5.74) is -0.973. The van der Waals surface area contributed by atoms with Crippen LogP contribution in [0.2, 0.25) is 10.0 Å². The number of hydrogen-bond acceptors (Lipinski definition) is 4. The van der Waals surface area contributed by atoms with Crippen LogP contribution in [0.5, 0.6) is 0 Å². The number of rotatable bonds is 4. The van der Waals surface area contributed by atoms with Crippen LogP contribution in [0.3, 0.4) is 0 Å². The molecule has 0 saturated carbocycles. The summed E-state index contributed by atoms with van der Waals surface area (Å²) in [6.07, 6.45) is 2.65. The van der Waals surface area contributed by atoms with Crippen molar-refractivity contribution < 1.29 is 14.7 Å². The first-order valence-electron chi connectivity index (χ1n) is 6.56.